The van der Waals surface area contributed by atoms with E-state index in [4.69, 9.17) is 4.74 Å². The maximum Gasteiger partial charge on any atom is 0.331 e. The molecule has 0 spiro atoms. The van der Waals surface area contributed by atoms with Gasteiger partial charge in [0.1, 0.15) is 5.54 Å². The molecule has 0 radical (unpaired) electrons. The molecule has 1 aliphatic rings. The first kappa shape index (κ1) is 10.2. The first-order valence-electron chi connectivity index (χ1n) is 4.65. The van der Waals surface area contributed by atoms with Crippen molar-refractivity contribution >= 4 is 23.2 Å². The van der Waals surface area contributed by atoms with Crippen molar-refractivity contribution in [1.82, 2.24) is 5.32 Å². The van der Waals surface area contributed by atoms with Gasteiger partial charge < -0.3 is 10.1 Å². The summed E-state index contributed by atoms with van der Waals surface area (Å²) in [6.45, 7) is 2.06. The first-order chi connectivity index (χ1) is 7.12. The SMILES string of the molecule is CC1(NC(=O)c2cccs2)CCOC1=O. The highest BCUT2D eigenvalue weighted by Gasteiger charge is 2.41. The fourth-order valence-electron chi connectivity index (χ4n) is 1.44. The molecule has 0 aromatic carbocycles. The van der Waals surface area contributed by atoms with E-state index in [-0.39, 0.29) is 11.9 Å². The van der Waals surface area contributed by atoms with Crippen LogP contribution < -0.4 is 5.32 Å². The quantitative estimate of drug-likeness (QED) is 0.769. The molecule has 1 N–H and O–H groups in total. The summed E-state index contributed by atoms with van der Waals surface area (Å²) < 4.78 is 4.84. The molecule has 1 aromatic rings. The fraction of sp³-hybridized carbons (Fsp3) is 0.400. The minimum Gasteiger partial charge on any atom is -0.464 e. The molecule has 80 valence electrons. The van der Waals surface area contributed by atoms with Crippen LogP contribution in [-0.2, 0) is 9.53 Å². The summed E-state index contributed by atoms with van der Waals surface area (Å²) in [6, 6.07) is 3.53. The van der Waals surface area contributed by atoms with Crippen LogP contribution in [0.2, 0.25) is 0 Å². The van der Waals surface area contributed by atoms with Gasteiger partial charge in [-0.05, 0) is 18.4 Å². The summed E-state index contributed by atoms with van der Waals surface area (Å²) in [7, 11) is 0. The van der Waals surface area contributed by atoms with Crippen molar-refractivity contribution in [2.45, 2.75) is 18.9 Å². The molecule has 1 amide bonds. The number of amides is 1. The number of thiophene rings is 1. The number of rotatable bonds is 2. The van der Waals surface area contributed by atoms with Crippen molar-refractivity contribution in [1.29, 1.82) is 0 Å². The number of ether oxygens (including phenoxy) is 1. The molecular formula is C10H11NO3S. The second kappa shape index (κ2) is 3.66. The minimum atomic E-state index is -0.860. The molecule has 0 bridgehead atoms. The Kier molecular flexibility index (Phi) is 2.48. The van der Waals surface area contributed by atoms with Crippen molar-refractivity contribution in [3.8, 4) is 0 Å². The fourth-order valence-corrected chi connectivity index (χ4v) is 2.06. The van der Waals surface area contributed by atoms with Gasteiger partial charge in [0.15, 0.2) is 0 Å². The molecule has 4 nitrogen and oxygen atoms in total. The van der Waals surface area contributed by atoms with Crippen molar-refractivity contribution in [3.05, 3.63) is 22.4 Å². The third kappa shape index (κ3) is 1.87. The zero-order chi connectivity index (χ0) is 10.9. The van der Waals surface area contributed by atoms with Crippen molar-refractivity contribution in [3.63, 3.8) is 0 Å². The topological polar surface area (TPSA) is 55.4 Å². The van der Waals surface area contributed by atoms with E-state index in [0.717, 1.165) is 0 Å². The lowest BCUT2D eigenvalue weighted by molar-refractivity contribution is -0.142. The summed E-state index contributed by atoms with van der Waals surface area (Å²) in [5.74, 6) is -0.571. The number of hydrogen-bond donors (Lipinski definition) is 1. The molecule has 2 rings (SSSR count). The standard InChI is InChI=1S/C10H11NO3S/c1-10(4-5-14-9(10)13)11-8(12)7-3-2-6-15-7/h2-3,6H,4-5H2,1H3,(H,11,12). The normalized spacial score (nSPS) is 25.0. The monoisotopic (exact) mass is 225 g/mol. The summed E-state index contributed by atoms with van der Waals surface area (Å²) in [5, 5.41) is 4.53. The molecule has 2 heterocycles. The van der Waals surface area contributed by atoms with Gasteiger partial charge in [0.2, 0.25) is 0 Å². The largest absolute Gasteiger partial charge is 0.464 e. The van der Waals surface area contributed by atoms with E-state index in [0.29, 0.717) is 17.9 Å². The number of cyclic esters (lactones) is 1. The van der Waals surface area contributed by atoms with E-state index in [1.54, 1.807) is 19.1 Å². The van der Waals surface area contributed by atoms with Gasteiger partial charge in [-0.15, -0.1) is 11.3 Å². The Labute approximate surface area is 91.2 Å². The molecule has 15 heavy (non-hydrogen) atoms. The Bertz CT molecular complexity index is 387. The molecule has 1 fully saturated rings. The summed E-state index contributed by atoms with van der Waals surface area (Å²) in [6.07, 6.45) is 0.531. The average Bonchev–Trinajstić information content (AvgIpc) is 2.78. The second-order valence-electron chi connectivity index (χ2n) is 3.65. The molecule has 0 saturated carbocycles. The van der Waals surface area contributed by atoms with Gasteiger partial charge in [-0.1, -0.05) is 6.07 Å². The number of esters is 1. The predicted octanol–water partition coefficient (Wildman–Crippen LogP) is 1.18. The predicted molar refractivity (Wildman–Crippen MR) is 55.8 cm³/mol. The highest BCUT2D eigenvalue weighted by Crippen LogP contribution is 2.20. The van der Waals surface area contributed by atoms with Crippen LogP contribution in [0.3, 0.4) is 0 Å². The van der Waals surface area contributed by atoms with Gasteiger partial charge in [0.05, 0.1) is 11.5 Å². The lowest BCUT2D eigenvalue weighted by Gasteiger charge is -2.19. The summed E-state index contributed by atoms with van der Waals surface area (Å²) in [4.78, 5) is 23.7. The van der Waals surface area contributed by atoms with Crippen LogP contribution in [0.4, 0.5) is 0 Å². The van der Waals surface area contributed by atoms with Gasteiger partial charge >= 0.3 is 5.97 Å². The van der Waals surface area contributed by atoms with E-state index < -0.39 is 5.54 Å². The van der Waals surface area contributed by atoms with Crippen LogP contribution in [0, 0.1) is 0 Å². The molecule has 1 unspecified atom stereocenters. The van der Waals surface area contributed by atoms with E-state index in [9.17, 15) is 9.59 Å². The van der Waals surface area contributed by atoms with Gasteiger partial charge in [-0.2, -0.15) is 0 Å². The third-order valence-electron chi connectivity index (χ3n) is 2.42. The maximum atomic E-state index is 11.7. The van der Waals surface area contributed by atoms with E-state index in [2.05, 4.69) is 5.32 Å². The Morgan fingerprint density at radius 2 is 2.47 bits per heavy atom. The van der Waals surface area contributed by atoms with E-state index in [1.807, 2.05) is 5.38 Å². The van der Waals surface area contributed by atoms with Crippen LogP contribution in [0.15, 0.2) is 17.5 Å². The van der Waals surface area contributed by atoms with Gasteiger partial charge in [-0.25, -0.2) is 4.79 Å². The lowest BCUT2D eigenvalue weighted by atomic mass is 10.0. The van der Waals surface area contributed by atoms with Gasteiger partial charge in [0.25, 0.3) is 5.91 Å². The Morgan fingerprint density at radius 3 is 3.00 bits per heavy atom. The minimum absolute atomic E-state index is 0.216. The average molecular weight is 225 g/mol. The van der Waals surface area contributed by atoms with Gasteiger partial charge in [-0.3, -0.25) is 4.79 Å². The van der Waals surface area contributed by atoms with Crippen LogP contribution >= 0.6 is 11.3 Å². The smallest absolute Gasteiger partial charge is 0.331 e. The number of carbonyl (C=O) groups is 2. The van der Waals surface area contributed by atoms with Crippen LogP contribution in [0.5, 0.6) is 0 Å². The molecule has 1 aromatic heterocycles. The lowest BCUT2D eigenvalue weighted by Crippen LogP contribution is -2.49. The Hall–Kier alpha value is -1.36. The number of nitrogens with one attached hydrogen (secondary N) is 1. The van der Waals surface area contributed by atoms with E-state index >= 15 is 0 Å². The van der Waals surface area contributed by atoms with Gasteiger partial charge in [0, 0.05) is 6.42 Å². The molecule has 5 heteroatoms. The summed E-state index contributed by atoms with van der Waals surface area (Å²) >= 11 is 1.35. The Balaban J connectivity index is 2.09. The van der Waals surface area contributed by atoms with Crippen LogP contribution in [-0.4, -0.2) is 24.0 Å². The zero-order valence-corrected chi connectivity index (χ0v) is 9.10. The molecule has 1 saturated heterocycles. The van der Waals surface area contributed by atoms with Crippen molar-refractivity contribution in [2.24, 2.45) is 0 Å². The van der Waals surface area contributed by atoms with Crippen molar-refractivity contribution < 1.29 is 14.3 Å². The first-order valence-corrected chi connectivity index (χ1v) is 5.53. The zero-order valence-electron chi connectivity index (χ0n) is 8.28. The number of hydrogen-bond acceptors (Lipinski definition) is 4. The highest BCUT2D eigenvalue weighted by molar-refractivity contribution is 7.12. The third-order valence-corrected chi connectivity index (χ3v) is 3.29. The molecule has 1 atom stereocenters. The second-order valence-corrected chi connectivity index (χ2v) is 4.60. The highest BCUT2D eigenvalue weighted by atomic mass is 32.1. The molecule has 1 aliphatic heterocycles. The number of carbonyl (C=O) groups excluding carboxylic acids is 2. The molecular weight excluding hydrogens is 214 g/mol. The Morgan fingerprint density at radius 1 is 1.67 bits per heavy atom. The van der Waals surface area contributed by atoms with Crippen molar-refractivity contribution in [2.75, 3.05) is 6.61 Å². The van der Waals surface area contributed by atoms with E-state index in [1.165, 1.54) is 11.3 Å². The van der Waals surface area contributed by atoms with Crippen LogP contribution in [0.25, 0.3) is 0 Å². The maximum absolute atomic E-state index is 11.7. The van der Waals surface area contributed by atoms with Crippen LogP contribution in [0.1, 0.15) is 23.0 Å². The molecule has 0 aliphatic carbocycles. The summed E-state index contributed by atoms with van der Waals surface area (Å²) in [5.41, 5.74) is -0.860.